The Hall–Kier alpha value is -1.55. The van der Waals surface area contributed by atoms with Gasteiger partial charge in [0.05, 0.1) is 6.54 Å². The average molecular weight is 247 g/mol. The molecule has 1 aliphatic carbocycles. The SMILES string of the molecule is CCCN(CC(=O)Nc1cccc(N)c1)C1CC1. The maximum Gasteiger partial charge on any atom is 0.238 e. The Morgan fingerprint density at radius 3 is 2.89 bits per heavy atom. The molecular weight excluding hydrogens is 226 g/mol. The fourth-order valence-corrected chi connectivity index (χ4v) is 2.12. The van der Waals surface area contributed by atoms with Crippen LogP contribution in [0.5, 0.6) is 0 Å². The van der Waals surface area contributed by atoms with Crippen LogP contribution in [0.3, 0.4) is 0 Å². The van der Waals surface area contributed by atoms with Crippen LogP contribution in [-0.2, 0) is 4.79 Å². The van der Waals surface area contributed by atoms with Gasteiger partial charge < -0.3 is 11.1 Å². The van der Waals surface area contributed by atoms with Gasteiger partial charge in [0.15, 0.2) is 0 Å². The number of hydrogen-bond acceptors (Lipinski definition) is 3. The largest absolute Gasteiger partial charge is 0.399 e. The minimum Gasteiger partial charge on any atom is -0.399 e. The van der Waals surface area contributed by atoms with Crippen molar-refractivity contribution in [2.75, 3.05) is 24.1 Å². The molecule has 4 nitrogen and oxygen atoms in total. The maximum atomic E-state index is 11.9. The van der Waals surface area contributed by atoms with Gasteiger partial charge in [-0.15, -0.1) is 0 Å². The Labute approximate surface area is 108 Å². The summed E-state index contributed by atoms with van der Waals surface area (Å²) >= 11 is 0. The zero-order valence-corrected chi connectivity index (χ0v) is 10.9. The highest BCUT2D eigenvalue weighted by Gasteiger charge is 2.29. The topological polar surface area (TPSA) is 58.4 Å². The predicted molar refractivity (Wildman–Crippen MR) is 74.4 cm³/mol. The summed E-state index contributed by atoms with van der Waals surface area (Å²) in [5, 5.41) is 2.89. The van der Waals surface area contributed by atoms with Crippen molar-refractivity contribution in [3.05, 3.63) is 24.3 Å². The molecule has 18 heavy (non-hydrogen) atoms. The van der Waals surface area contributed by atoms with Gasteiger partial charge in [-0.1, -0.05) is 13.0 Å². The normalized spacial score (nSPS) is 14.8. The van der Waals surface area contributed by atoms with E-state index in [1.807, 2.05) is 18.2 Å². The lowest BCUT2D eigenvalue weighted by molar-refractivity contribution is -0.117. The summed E-state index contributed by atoms with van der Waals surface area (Å²) in [6.07, 6.45) is 3.54. The number of hydrogen-bond donors (Lipinski definition) is 2. The minimum atomic E-state index is 0.0425. The maximum absolute atomic E-state index is 11.9. The van der Waals surface area contributed by atoms with Crippen LogP contribution in [-0.4, -0.2) is 29.9 Å². The number of benzene rings is 1. The Bertz CT molecular complexity index is 415. The molecule has 98 valence electrons. The van der Waals surface area contributed by atoms with Gasteiger partial charge >= 0.3 is 0 Å². The van der Waals surface area contributed by atoms with Gasteiger partial charge in [0.25, 0.3) is 0 Å². The van der Waals surface area contributed by atoms with Gasteiger partial charge in [0.2, 0.25) is 5.91 Å². The average Bonchev–Trinajstić information content (AvgIpc) is 3.12. The van der Waals surface area contributed by atoms with E-state index in [4.69, 9.17) is 5.73 Å². The van der Waals surface area contributed by atoms with E-state index < -0.39 is 0 Å². The van der Waals surface area contributed by atoms with Crippen molar-refractivity contribution in [1.82, 2.24) is 4.90 Å². The summed E-state index contributed by atoms with van der Waals surface area (Å²) in [5.41, 5.74) is 7.12. The quantitative estimate of drug-likeness (QED) is 0.757. The van der Waals surface area contributed by atoms with Crippen LogP contribution in [0, 0.1) is 0 Å². The van der Waals surface area contributed by atoms with Crippen molar-refractivity contribution < 1.29 is 4.79 Å². The Morgan fingerprint density at radius 1 is 1.50 bits per heavy atom. The van der Waals surface area contributed by atoms with Gasteiger partial charge in [-0.05, 0) is 44.0 Å². The molecule has 0 radical (unpaired) electrons. The van der Waals surface area contributed by atoms with Crippen molar-refractivity contribution in [1.29, 1.82) is 0 Å². The van der Waals surface area contributed by atoms with Crippen LogP contribution < -0.4 is 11.1 Å². The molecule has 1 aliphatic rings. The summed E-state index contributed by atoms with van der Waals surface area (Å²) in [5.74, 6) is 0.0425. The Morgan fingerprint density at radius 2 is 2.28 bits per heavy atom. The first-order valence-electron chi connectivity index (χ1n) is 6.58. The highest BCUT2D eigenvalue weighted by atomic mass is 16.2. The number of rotatable bonds is 6. The number of amides is 1. The lowest BCUT2D eigenvalue weighted by atomic mass is 10.3. The van der Waals surface area contributed by atoms with Crippen molar-refractivity contribution in [3.63, 3.8) is 0 Å². The number of nitrogen functional groups attached to an aromatic ring is 1. The zero-order valence-electron chi connectivity index (χ0n) is 10.9. The van der Waals surface area contributed by atoms with E-state index in [9.17, 15) is 4.79 Å². The van der Waals surface area contributed by atoms with Gasteiger partial charge in [0, 0.05) is 17.4 Å². The number of carbonyl (C=O) groups is 1. The molecule has 0 unspecified atom stereocenters. The Kier molecular flexibility index (Phi) is 4.20. The van der Waals surface area contributed by atoms with Crippen molar-refractivity contribution in [2.45, 2.75) is 32.2 Å². The molecule has 0 aromatic heterocycles. The fourth-order valence-electron chi connectivity index (χ4n) is 2.12. The van der Waals surface area contributed by atoms with E-state index in [-0.39, 0.29) is 5.91 Å². The molecule has 1 aromatic rings. The lowest BCUT2D eigenvalue weighted by Gasteiger charge is -2.20. The third kappa shape index (κ3) is 3.74. The van der Waals surface area contributed by atoms with Crippen LogP contribution in [0.4, 0.5) is 11.4 Å². The van der Waals surface area contributed by atoms with E-state index in [1.165, 1.54) is 12.8 Å². The van der Waals surface area contributed by atoms with Gasteiger partial charge in [0.1, 0.15) is 0 Å². The third-order valence-electron chi connectivity index (χ3n) is 3.09. The predicted octanol–water partition coefficient (Wildman–Crippen LogP) is 2.08. The third-order valence-corrected chi connectivity index (χ3v) is 3.09. The molecule has 2 rings (SSSR count). The summed E-state index contributed by atoms with van der Waals surface area (Å²) in [6, 6.07) is 7.91. The molecule has 0 spiro atoms. The molecule has 0 aliphatic heterocycles. The molecule has 0 saturated heterocycles. The lowest BCUT2D eigenvalue weighted by Crippen LogP contribution is -2.35. The monoisotopic (exact) mass is 247 g/mol. The second-order valence-corrected chi connectivity index (χ2v) is 4.88. The highest BCUT2D eigenvalue weighted by Crippen LogP contribution is 2.26. The van der Waals surface area contributed by atoms with E-state index in [1.54, 1.807) is 6.07 Å². The van der Waals surface area contributed by atoms with E-state index in [0.717, 1.165) is 18.7 Å². The smallest absolute Gasteiger partial charge is 0.238 e. The van der Waals surface area contributed by atoms with E-state index >= 15 is 0 Å². The van der Waals surface area contributed by atoms with Gasteiger partial charge in [-0.3, -0.25) is 9.69 Å². The van der Waals surface area contributed by atoms with Crippen LogP contribution >= 0.6 is 0 Å². The fraction of sp³-hybridized carbons (Fsp3) is 0.500. The summed E-state index contributed by atoms with van der Waals surface area (Å²) in [7, 11) is 0. The highest BCUT2D eigenvalue weighted by molar-refractivity contribution is 5.92. The van der Waals surface area contributed by atoms with Crippen molar-refractivity contribution >= 4 is 17.3 Å². The van der Waals surface area contributed by atoms with Crippen LogP contribution in [0.25, 0.3) is 0 Å². The van der Waals surface area contributed by atoms with Crippen molar-refractivity contribution in [2.24, 2.45) is 0 Å². The number of nitrogens with one attached hydrogen (secondary N) is 1. The second-order valence-electron chi connectivity index (χ2n) is 4.88. The molecule has 1 amide bonds. The Balaban J connectivity index is 1.87. The molecule has 0 bridgehead atoms. The first kappa shape index (κ1) is 12.9. The molecule has 1 aromatic carbocycles. The first-order chi connectivity index (χ1) is 8.69. The number of carbonyl (C=O) groups excluding carboxylic acids is 1. The second kappa shape index (κ2) is 5.87. The zero-order chi connectivity index (χ0) is 13.0. The van der Waals surface area contributed by atoms with Gasteiger partial charge in [-0.2, -0.15) is 0 Å². The summed E-state index contributed by atoms with van der Waals surface area (Å²) in [6.45, 7) is 3.62. The van der Waals surface area contributed by atoms with Crippen LogP contribution in [0.2, 0.25) is 0 Å². The first-order valence-corrected chi connectivity index (χ1v) is 6.58. The molecule has 0 heterocycles. The summed E-state index contributed by atoms with van der Waals surface area (Å²) in [4.78, 5) is 14.2. The number of nitrogens with two attached hydrogens (primary N) is 1. The molecular formula is C14H21N3O. The van der Waals surface area contributed by atoms with E-state index in [2.05, 4.69) is 17.1 Å². The van der Waals surface area contributed by atoms with Crippen LogP contribution in [0.1, 0.15) is 26.2 Å². The standard InChI is InChI=1S/C14H21N3O/c1-2-8-17(13-6-7-13)10-14(18)16-12-5-3-4-11(15)9-12/h3-5,9,13H,2,6-8,10,15H2,1H3,(H,16,18). The molecule has 1 fully saturated rings. The molecule has 4 heteroatoms. The van der Waals surface area contributed by atoms with Crippen molar-refractivity contribution in [3.8, 4) is 0 Å². The molecule has 0 atom stereocenters. The molecule has 3 N–H and O–H groups in total. The van der Waals surface area contributed by atoms with Gasteiger partial charge in [-0.25, -0.2) is 0 Å². The summed E-state index contributed by atoms with van der Waals surface area (Å²) < 4.78 is 0. The van der Waals surface area contributed by atoms with Crippen LogP contribution in [0.15, 0.2) is 24.3 Å². The minimum absolute atomic E-state index is 0.0425. The number of anilines is 2. The van der Waals surface area contributed by atoms with E-state index in [0.29, 0.717) is 18.3 Å². The number of nitrogens with zero attached hydrogens (tertiary/aromatic N) is 1. The molecule has 1 saturated carbocycles.